The van der Waals surface area contributed by atoms with Crippen molar-refractivity contribution in [3.8, 4) is 0 Å². The summed E-state index contributed by atoms with van der Waals surface area (Å²) in [5.41, 5.74) is 0.350. The van der Waals surface area contributed by atoms with E-state index >= 15 is 0 Å². The summed E-state index contributed by atoms with van der Waals surface area (Å²) in [7, 11) is -3.81. The van der Waals surface area contributed by atoms with Crippen molar-refractivity contribution in [2.45, 2.75) is 11.3 Å². The van der Waals surface area contributed by atoms with E-state index in [9.17, 15) is 22.8 Å². The number of sulfonamides is 1. The van der Waals surface area contributed by atoms with Crippen LogP contribution in [0.2, 0.25) is 0 Å². The predicted octanol–water partition coefficient (Wildman–Crippen LogP) is 0.0796. The Morgan fingerprint density at radius 1 is 1.08 bits per heavy atom. The van der Waals surface area contributed by atoms with Gasteiger partial charge in [0, 0.05) is 5.69 Å². The summed E-state index contributed by atoms with van der Waals surface area (Å²) in [6, 6.07) is 5.32. The lowest BCUT2D eigenvalue weighted by molar-refractivity contribution is -0.143. The number of nitrogens with two attached hydrogens (primary N) is 1. The fraction of sp³-hybridized carbons (Fsp3) is 0.353. The second-order valence-electron chi connectivity index (χ2n) is 6.88. The van der Waals surface area contributed by atoms with Crippen molar-refractivity contribution in [3.63, 3.8) is 0 Å². The van der Waals surface area contributed by atoms with Crippen LogP contribution in [-0.4, -0.2) is 37.6 Å². The van der Waals surface area contributed by atoms with Crippen LogP contribution in [0.4, 0.5) is 5.69 Å². The van der Waals surface area contributed by atoms with Gasteiger partial charge in [0.25, 0.3) is 0 Å². The zero-order chi connectivity index (χ0) is 18.6. The van der Waals surface area contributed by atoms with Crippen molar-refractivity contribution in [3.05, 3.63) is 36.4 Å². The van der Waals surface area contributed by atoms with Gasteiger partial charge in [-0.3, -0.25) is 19.3 Å². The van der Waals surface area contributed by atoms with Crippen LogP contribution in [0.15, 0.2) is 41.3 Å². The molecule has 136 valence electrons. The molecule has 1 aliphatic heterocycles. The Labute approximate surface area is 150 Å². The molecule has 3 aliphatic rings. The van der Waals surface area contributed by atoms with Crippen LogP contribution in [0.3, 0.4) is 0 Å². The number of nitrogens with one attached hydrogen (secondary N) is 1. The van der Waals surface area contributed by atoms with E-state index in [4.69, 9.17) is 5.14 Å². The molecular weight excluding hydrogens is 358 g/mol. The third-order valence-electron chi connectivity index (χ3n) is 5.33. The molecule has 4 atom stereocenters. The molecule has 2 fully saturated rings. The van der Waals surface area contributed by atoms with Gasteiger partial charge in [-0.05, 0) is 42.5 Å². The Hall–Kier alpha value is -2.52. The maximum absolute atomic E-state index is 12.5. The highest BCUT2D eigenvalue weighted by molar-refractivity contribution is 7.89. The molecule has 3 amide bonds. The number of nitrogens with zero attached hydrogens (tertiary/aromatic N) is 1. The molecule has 1 saturated heterocycles. The molecule has 0 aromatic heterocycles. The lowest BCUT2D eigenvalue weighted by Crippen LogP contribution is -2.39. The smallest absolute Gasteiger partial charge is 0.244 e. The number of anilines is 1. The zero-order valence-electron chi connectivity index (χ0n) is 13.7. The number of likely N-dealkylation sites (tertiary alicyclic amines) is 1. The molecule has 3 N–H and O–H groups in total. The predicted molar refractivity (Wildman–Crippen MR) is 90.9 cm³/mol. The average Bonchev–Trinajstić information content (AvgIpc) is 3.24. The number of carbonyl (C=O) groups excluding carboxylic acids is 3. The minimum Gasteiger partial charge on any atom is -0.325 e. The van der Waals surface area contributed by atoms with E-state index < -0.39 is 15.9 Å². The number of amides is 3. The number of rotatable bonds is 4. The number of hydrogen-bond donors (Lipinski definition) is 2. The molecule has 4 rings (SSSR count). The molecule has 0 spiro atoms. The Kier molecular flexibility index (Phi) is 3.74. The second-order valence-corrected chi connectivity index (χ2v) is 8.44. The van der Waals surface area contributed by atoms with Crippen LogP contribution >= 0.6 is 0 Å². The minimum atomic E-state index is -3.81. The highest BCUT2D eigenvalue weighted by Crippen LogP contribution is 2.52. The van der Waals surface area contributed by atoms with Crippen LogP contribution in [0.1, 0.15) is 6.42 Å². The molecule has 0 radical (unpaired) electrons. The molecule has 1 aromatic carbocycles. The summed E-state index contributed by atoms with van der Waals surface area (Å²) >= 11 is 0. The molecule has 0 unspecified atom stereocenters. The van der Waals surface area contributed by atoms with E-state index in [0.29, 0.717) is 5.69 Å². The first-order chi connectivity index (χ1) is 12.3. The number of fused-ring (bicyclic) bond motifs is 5. The van der Waals surface area contributed by atoms with Crippen molar-refractivity contribution < 1.29 is 22.8 Å². The molecule has 1 aromatic rings. The van der Waals surface area contributed by atoms with Gasteiger partial charge in [0.05, 0.1) is 16.7 Å². The van der Waals surface area contributed by atoms with Gasteiger partial charge >= 0.3 is 0 Å². The van der Waals surface area contributed by atoms with Crippen LogP contribution in [-0.2, 0) is 24.4 Å². The highest BCUT2D eigenvalue weighted by Gasteiger charge is 2.59. The third kappa shape index (κ3) is 2.63. The van der Waals surface area contributed by atoms with Gasteiger partial charge in [0.2, 0.25) is 27.7 Å². The summed E-state index contributed by atoms with van der Waals surface area (Å²) in [6.45, 7) is -0.346. The largest absolute Gasteiger partial charge is 0.325 e. The van der Waals surface area contributed by atoms with Gasteiger partial charge in [0.15, 0.2) is 0 Å². The standard InChI is InChI=1S/C17H17N3O5S/c18-26(24,25)12-5-3-11(4-6-12)19-13(21)8-20-16(22)14-9-1-2-10(7-9)15(14)17(20)23/h1-6,9-10,14-15H,7-8H2,(H,19,21)(H2,18,24,25)/t9-,10-,14-,15+/m1/s1. The van der Waals surface area contributed by atoms with E-state index in [1.54, 1.807) is 0 Å². The fourth-order valence-electron chi connectivity index (χ4n) is 4.19. The number of hydrogen-bond acceptors (Lipinski definition) is 5. The number of primary sulfonamides is 1. The number of carbonyl (C=O) groups is 3. The van der Waals surface area contributed by atoms with Gasteiger partial charge in [-0.2, -0.15) is 0 Å². The van der Waals surface area contributed by atoms with Crippen LogP contribution in [0.25, 0.3) is 0 Å². The first-order valence-corrected chi connectivity index (χ1v) is 9.76. The summed E-state index contributed by atoms with van der Waals surface area (Å²) in [4.78, 5) is 38.3. The zero-order valence-corrected chi connectivity index (χ0v) is 14.5. The first-order valence-electron chi connectivity index (χ1n) is 8.22. The molecule has 2 aliphatic carbocycles. The van der Waals surface area contributed by atoms with Gasteiger partial charge in [-0.25, -0.2) is 13.6 Å². The van der Waals surface area contributed by atoms with Gasteiger partial charge in [-0.1, -0.05) is 12.2 Å². The minimum absolute atomic E-state index is 0.0730. The van der Waals surface area contributed by atoms with Gasteiger partial charge in [0.1, 0.15) is 6.54 Å². The Balaban J connectivity index is 1.43. The maximum atomic E-state index is 12.5. The van der Waals surface area contributed by atoms with Crippen LogP contribution < -0.4 is 10.5 Å². The van der Waals surface area contributed by atoms with Crippen molar-refractivity contribution >= 4 is 33.4 Å². The van der Waals surface area contributed by atoms with Crippen molar-refractivity contribution in [1.82, 2.24) is 4.90 Å². The average molecular weight is 375 g/mol. The SMILES string of the molecule is NS(=O)(=O)c1ccc(NC(=O)CN2C(=O)[C@@H]3[C@H](C2=O)[C@@H]2C=C[C@@H]3C2)cc1. The molecule has 1 saturated carbocycles. The molecule has 9 heteroatoms. The molecule has 8 nitrogen and oxygen atoms in total. The highest BCUT2D eigenvalue weighted by atomic mass is 32.2. The summed E-state index contributed by atoms with van der Waals surface area (Å²) in [6.07, 6.45) is 4.82. The summed E-state index contributed by atoms with van der Waals surface area (Å²) < 4.78 is 22.5. The van der Waals surface area contributed by atoms with Crippen LogP contribution in [0, 0.1) is 23.7 Å². The van der Waals surface area contributed by atoms with E-state index in [1.165, 1.54) is 24.3 Å². The molecule has 2 bridgehead atoms. The molecule has 1 heterocycles. The topological polar surface area (TPSA) is 127 Å². The van der Waals surface area contributed by atoms with Crippen molar-refractivity contribution in [2.75, 3.05) is 11.9 Å². The third-order valence-corrected chi connectivity index (χ3v) is 6.26. The molecule has 26 heavy (non-hydrogen) atoms. The van der Waals surface area contributed by atoms with Crippen molar-refractivity contribution in [2.24, 2.45) is 28.8 Å². The van der Waals surface area contributed by atoms with Gasteiger partial charge in [-0.15, -0.1) is 0 Å². The second kappa shape index (κ2) is 5.75. The fourth-order valence-corrected chi connectivity index (χ4v) is 4.71. The molecular formula is C17H17N3O5S. The first kappa shape index (κ1) is 16.9. The van der Waals surface area contributed by atoms with E-state index in [-0.39, 0.29) is 46.9 Å². The Morgan fingerprint density at radius 2 is 1.62 bits per heavy atom. The quantitative estimate of drug-likeness (QED) is 0.569. The number of imide groups is 1. The number of benzene rings is 1. The van der Waals surface area contributed by atoms with Gasteiger partial charge < -0.3 is 5.32 Å². The van der Waals surface area contributed by atoms with E-state index in [0.717, 1.165) is 11.3 Å². The Morgan fingerprint density at radius 3 is 2.12 bits per heavy atom. The summed E-state index contributed by atoms with van der Waals surface area (Å²) in [5.74, 6) is -1.55. The maximum Gasteiger partial charge on any atom is 0.244 e. The normalized spacial score (nSPS) is 29.3. The Bertz CT molecular complexity index is 908. The van der Waals surface area contributed by atoms with E-state index in [1.807, 2.05) is 12.2 Å². The van der Waals surface area contributed by atoms with Crippen molar-refractivity contribution in [1.29, 1.82) is 0 Å². The number of allylic oxidation sites excluding steroid dienone is 2. The van der Waals surface area contributed by atoms with E-state index in [2.05, 4.69) is 5.32 Å². The lowest BCUT2D eigenvalue weighted by atomic mass is 9.85. The summed E-state index contributed by atoms with van der Waals surface area (Å²) in [5, 5.41) is 7.57. The lowest BCUT2D eigenvalue weighted by Gasteiger charge is -2.16. The monoisotopic (exact) mass is 375 g/mol. The van der Waals surface area contributed by atoms with Crippen LogP contribution in [0.5, 0.6) is 0 Å².